The zero-order valence-electron chi connectivity index (χ0n) is 9.30. The van der Waals surface area contributed by atoms with E-state index >= 15 is 0 Å². The van der Waals surface area contributed by atoms with Crippen LogP contribution in [-0.4, -0.2) is 36.3 Å². The molecule has 1 aliphatic rings. The first-order valence-corrected chi connectivity index (χ1v) is 5.14. The molecule has 82 valence electrons. The minimum atomic E-state index is 0.162. The van der Waals surface area contributed by atoms with E-state index in [1.165, 1.54) is 0 Å². The van der Waals surface area contributed by atoms with Gasteiger partial charge in [-0.05, 0) is 20.3 Å². The fourth-order valence-corrected chi connectivity index (χ4v) is 1.23. The van der Waals surface area contributed by atoms with Crippen LogP contribution < -0.4 is 5.32 Å². The Labute approximate surface area is 85.7 Å². The van der Waals surface area contributed by atoms with E-state index in [9.17, 15) is 9.59 Å². The lowest BCUT2D eigenvalue weighted by molar-refractivity contribution is -0.128. The van der Waals surface area contributed by atoms with E-state index in [2.05, 4.69) is 5.32 Å². The Hall–Kier alpha value is -1.06. The van der Waals surface area contributed by atoms with Gasteiger partial charge >= 0.3 is 0 Å². The molecule has 0 aromatic heterocycles. The van der Waals surface area contributed by atoms with Crippen LogP contribution in [0.4, 0.5) is 0 Å². The summed E-state index contributed by atoms with van der Waals surface area (Å²) in [5.74, 6) is 0.366. The summed E-state index contributed by atoms with van der Waals surface area (Å²) in [6.07, 6.45) is 1.76. The van der Waals surface area contributed by atoms with Crippen molar-refractivity contribution in [3.8, 4) is 0 Å². The molecule has 0 atom stereocenters. The van der Waals surface area contributed by atoms with Gasteiger partial charge < -0.3 is 10.2 Å². The number of rotatable bonds is 2. The van der Waals surface area contributed by atoms with Gasteiger partial charge in [-0.2, -0.15) is 0 Å². The number of hydrogen-bond donors (Lipinski definition) is 1. The first-order valence-electron chi connectivity index (χ1n) is 5.14. The van der Waals surface area contributed by atoms with Crippen LogP contribution in [0.15, 0.2) is 0 Å². The predicted octanol–water partition coefficient (Wildman–Crippen LogP) is 0.771. The molecule has 0 aromatic rings. The van der Waals surface area contributed by atoms with Crippen molar-refractivity contribution in [2.24, 2.45) is 0 Å². The molecule has 1 fully saturated rings. The zero-order valence-corrected chi connectivity index (χ0v) is 9.30. The molecular weight excluding hydrogens is 180 g/mol. The van der Waals surface area contributed by atoms with Crippen LogP contribution in [0, 0.1) is 0 Å². The Kier molecular flexibility index (Phi) is 6.80. The van der Waals surface area contributed by atoms with Gasteiger partial charge in [0.1, 0.15) is 0 Å². The second-order valence-corrected chi connectivity index (χ2v) is 3.14. The second kappa shape index (κ2) is 7.35. The van der Waals surface area contributed by atoms with Crippen LogP contribution in [0.1, 0.15) is 33.6 Å². The van der Waals surface area contributed by atoms with E-state index in [0.717, 1.165) is 32.5 Å². The molecule has 0 saturated carbocycles. The van der Waals surface area contributed by atoms with Gasteiger partial charge in [0.2, 0.25) is 11.8 Å². The minimum Gasteiger partial charge on any atom is -0.356 e. The van der Waals surface area contributed by atoms with E-state index in [0.29, 0.717) is 0 Å². The fraction of sp³-hybridized carbons (Fsp3) is 0.800. The van der Waals surface area contributed by atoms with Crippen molar-refractivity contribution in [1.29, 1.82) is 0 Å². The van der Waals surface area contributed by atoms with Gasteiger partial charge in [-0.25, -0.2) is 0 Å². The average Bonchev–Trinajstić information content (AvgIpc) is 2.58. The number of nitrogens with zero attached hydrogens (tertiary/aromatic N) is 1. The first-order chi connectivity index (χ1) is 6.61. The summed E-state index contributed by atoms with van der Waals surface area (Å²) in [6, 6.07) is 0. The normalized spacial score (nSPS) is 14.1. The van der Waals surface area contributed by atoms with Crippen LogP contribution >= 0.6 is 0 Å². The molecule has 1 N–H and O–H groups in total. The third kappa shape index (κ3) is 5.56. The van der Waals surface area contributed by atoms with Gasteiger partial charge in [-0.1, -0.05) is 0 Å². The number of hydrogen-bond acceptors (Lipinski definition) is 2. The quantitative estimate of drug-likeness (QED) is 0.716. The molecular formula is C10H20N2O2. The first kappa shape index (κ1) is 12.9. The van der Waals surface area contributed by atoms with Crippen molar-refractivity contribution in [3.63, 3.8) is 0 Å². The molecule has 14 heavy (non-hydrogen) atoms. The van der Waals surface area contributed by atoms with Crippen molar-refractivity contribution in [2.75, 3.05) is 19.6 Å². The van der Waals surface area contributed by atoms with Gasteiger partial charge in [0, 0.05) is 33.0 Å². The third-order valence-electron chi connectivity index (χ3n) is 2.11. The topological polar surface area (TPSA) is 49.4 Å². The molecule has 1 aliphatic heterocycles. The highest BCUT2D eigenvalue weighted by Gasteiger charge is 2.05. The van der Waals surface area contributed by atoms with Crippen molar-refractivity contribution in [2.45, 2.75) is 33.6 Å². The van der Waals surface area contributed by atoms with Crippen molar-refractivity contribution >= 4 is 11.8 Å². The summed E-state index contributed by atoms with van der Waals surface area (Å²) in [7, 11) is 0. The van der Waals surface area contributed by atoms with Crippen LogP contribution in [0.3, 0.4) is 0 Å². The monoisotopic (exact) mass is 200 g/mol. The van der Waals surface area contributed by atoms with Crippen molar-refractivity contribution in [3.05, 3.63) is 0 Å². The SMILES string of the molecule is CCN(CC)C(C)=O.O=C1CCCN1. The lowest BCUT2D eigenvalue weighted by Crippen LogP contribution is -2.27. The molecule has 1 saturated heterocycles. The predicted molar refractivity (Wildman–Crippen MR) is 55.8 cm³/mol. The summed E-state index contributed by atoms with van der Waals surface area (Å²) in [5.41, 5.74) is 0. The van der Waals surface area contributed by atoms with E-state index in [-0.39, 0.29) is 11.8 Å². The van der Waals surface area contributed by atoms with E-state index in [1.807, 2.05) is 13.8 Å². The summed E-state index contributed by atoms with van der Waals surface area (Å²) in [6.45, 7) is 8.08. The second-order valence-electron chi connectivity index (χ2n) is 3.14. The molecule has 4 heteroatoms. The number of carbonyl (C=O) groups is 2. The Morgan fingerprint density at radius 3 is 2.07 bits per heavy atom. The lowest BCUT2D eigenvalue weighted by atomic mass is 10.4. The van der Waals surface area contributed by atoms with Crippen LogP contribution in [-0.2, 0) is 9.59 Å². The van der Waals surface area contributed by atoms with Crippen LogP contribution in [0.5, 0.6) is 0 Å². The Morgan fingerprint density at radius 2 is 2.00 bits per heavy atom. The van der Waals surface area contributed by atoms with Gasteiger partial charge in [0.15, 0.2) is 0 Å². The van der Waals surface area contributed by atoms with Gasteiger partial charge in [0.25, 0.3) is 0 Å². The molecule has 2 amide bonds. The van der Waals surface area contributed by atoms with Gasteiger partial charge in [0.05, 0.1) is 0 Å². The lowest BCUT2D eigenvalue weighted by Gasteiger charge is -2.14. The van der Waals surface area contributed by atoms with Crippen LogP contribution in [0.25, 0.3) is 0 Å². The highest BCUT2D eigenvalue weighted by molar-refractivity contribution is 5.77. The largest absolute Gasteiger partial charge is 0.356 e. The molecule has 0 bridgehead atoms. The summed E-state index contributed by atoms with van der Waals surface area (Å²) in [4.78, 5) is 22.4. The molecule has 1 rings (SSSR count). The maximum Gasteiger partial charge on any atom is 0.220 e. The molecule has 0 radical (unpaired) electrons. The average molecular weight is 200 g/mol. The van der Waals surface area contributed by atoms with E-state index in [1.54, 1.807) is 11.8 Å². The molecule has 0 aromatic carbocycles. The highest BCUT2D eigenvalue weighted by atomic mass is 16.2. The molecule has 0 spiro atoms. The third-order valence-corrected chi connectivity index (χ3v) is 2.11. The number of amides is 2. The van der Waals surface area contributed by atoms with E-state index in [4.69, 9.17) is 0 Å². The fourth-order valence-electron chi connectivity index (χ4n) is 1.23. The standard InChI is InChI=1S/C6H13NO.C4H7NO/c1-4-7(5-2)6(3)8;6-4-2-1-3-5-4/h4-5H2,1-3H3;1-3H2,(H,5,6). The van der Waals surface area contributed by atoms with Crippen molar-refractivity contribution in [1.82, 2.24) is 10.2 Å². The molecule has 1 heterocycles. The Morgan fingerprint density at radius 1 is 1.43 bits per heavy atom. The van der Waals surface area contributed by atoms with Gasteiger partial charge in [-0.3, -0.25) is 9.59 Å². The maximum atomic E-state index is 10.5. The van der Waals surface area contributed by atoms with Crippen LogP contribution in [0.2, 0.25) is 0 Å². The molecule has 4 nitrogen and oxygen atoms in total. The summed E-state index contributed by atoms with van der Waals surface area (Å²) >= 11 is 0. The molecule has 0 unspecified atom stereocenters. The molecule has 0 aliphatic carbocycles. The summed E-state index contributed by atoms with van der Waals surface area (Å²) in [5, 5.41) is 2.68. The van der Waals surface area contributed by atoms with Crippen molar-refractivity contribution < 1.29 is 9.59 Å². The van der Waals surface area contributed by atoms with Gasteiger partial charge in [-0.15, -0.1) is 0 Å². The Balaban J connectivity index is 0.000000249. The summed E-state index contributed by atoms with van der Waals surface area (Å²) < 4.78 is 0. The smallest absolute Gasteiger partial charge is 0.220 e. The van der Waals surface area contributed by atoms with E-state index < -0.39 is 0 Å². The zero-order chi connectivity index (χ0) is 11.0. The minimum absolute atomic E-state index is 0.162. The Bertz CT molecular complexity index is 181. The maximum absolute atomic E-state index is 10.5. The number of carbonyl (C=O) groups excluding carboxylic acids is 2. The highest BCUT2D eigenvalue weighted by Crippen LogP contribution is 1.93. The number of nitrogens with one attached hydrogen (secondary N) is 1.